The van der Waals surface area contributed by atoms with Crippen molar-refractivity contribution in [1.29, 1.82) is 0 Å². The highest BCUT2D eigenvalue weighted by atomic mass is 16.5. The molecule has 30 heavy (non-hydrogen) atoms. The molecule has 1 unspecified atom stereocenters. The lowest BCUT2D eigenvalue weighted by Gasteiger charge is -2.26. The van der Waals surface area contributed by atoms with Gasteiger partial charge in [0.05, 0.1) is 6.42 Å². The minimum Gasteiger partial charge on any atom is -0.481 e. The number of anilines is 1. The fourth-order valence-corrected chi connectivity index (χ4v) is 3.21. The molecule has 1 aliphatic heterocycles. The van der Waals surface area contributed by atoms with Gasteiger partial charge < -0.3 is 20.1 Å². The summed E-state index contributed by atoms with van der Waals surface area (Å²) in [5.74, 6) is -1.28. The van der Waals surface area contributed by atoms with Crippen molar-refractivity contribution in [2.75, 3.05) is 18.0 Å². The van der Waals surface area contributed by atoms with Gasteiger partial charge >= 0.3 is 12.1 Å². The number of carboxylic acids is 1. The molecule has 11 heteroatoms. The van der Waals surface area contributed by atoms with Crippen molar-refractivity contribution in [2.24, 2.45) is 0 Å². The normalized spacial score (nSPS) is 14.7. The molecule has 11 nitrogen and oxygen atoms in total. The number of nitrogens with zero attached hydrogens (tertiary/aromatic N) is 5. The lowest BCUT2D eigenvalue weighted by atomic mass is 10.1. The second kappa shape index (κ2) is 10.3. The highest BCUT2D eigenvalue weighted by molar-refractivity contribution is 5.90. The Hall–Kier alpha value is -3.50. The van der Waals surface area contributed by atoms with E-state index in [0.29, 0.717) is 5.95 Å². The molecular formula is C19H24N6O5. The number of carbonyl (C=O) groups is 3. The van der Waals surface area contributed by atoms with E-state index in [-0.39, 0.29) is 13.2 Å². The molecule has 1 aliphatic rings. The van der Waals surface area contributed by atoms with Gasteiger partial charge in [-0.1, -0.05) is 35.4 Å². The van der Waals surface area contributed by atoms with E-state index in [2.05, 4.69) is 20.8 Å². The van der Waals surface area contributed by atoms with Crippen LogP contribution in [0.5, 0.6) is 0 Å². The molecule has 0 saturated carbocycles. The van der Waals surface area contributed by atoms with Gasteiger partial charge in [-0.25, -0.2) is 9.48 Å². The number of carboxylic acid groups (broad SMARTS) is 1. The summed E-state index contributed by atoms with van der Waals surface area (Å²) in [5, 5.41) is 23.0. The number of Topliss-reactive ketones (excluding diaryl/α,β-unsaturated/α-hetero) is 1. The molecule has 2 heterocycles. The van der Waals surface area contributed by atoms with Gasteiger partial charge in [-0.2, -0.15) is 0 Å². The Morgan fingerprint density at radius 1 is 1.13 bits per heavy atom. The largest absolute Gasteiger partial charge is 0.481 e. The summed E-state index contributed by atoms with van der Waals surface area (Å²) in [4.78, 5) is 38.0. The standard InChI is InChI=1S/C19H24N6O5/c26-16(12-25-18(21-22-23-25)24-9-5-2-6-10-24)15(11-17(27)28)20-19(29)30-13-14-7-3-1-4-8-14/h1,3-4,7-8,15H,2,5-6,9-13H2,(H,20,29)(H,27,28). The number of tetrazole rings is 1. The second-order valence-corrected chi connectivity index (χ2v) is 7.01. The molecule has 1 saturated heterocycles. The molecule has 3 rings (SSSR count). The Kier molecular flexibility index (Phi) is 7.30. The first-order valence-corrected chi connectivity index (χ1v) is 9.76. The van der Waals surface area contributed by atoms with Crippen molar-refractivity contribution < 1.29 is 24.2 Å². The molecule has 0 radical (unpaired) electrons. The monoisotopic (exact) mass is 416 g/mol. The first kappa shape index (κ1) is 21.2. The van der Waals surface area contributed by atoms with Crippen LogP contribution >= 0.6 is 0 Å². The fraction of sp³-hybridized carbons (Fsp3) is 0.474. The van der Waals surface area contributed by atoms with Crippen LogP contribution in [-0.2, 0) is 27.5 Å². The molecule has 1 aromatic carbocycles. The number of ether oxygens (including phenoxy) is 1. The van der Waals surface area contributed by atoms with Crippen LogP contribution < -0.4 is 10.2 Å². The highest BCUT2D eigenvalue weighted by Crippen LogP contribution is 2.16. The average Bonchev–Trinajstić information content (AvgIpc) is 3.21. The molecule has 1 atom stereocenters. The Bertz CT molecular complexity index is 865. The summed E-state index contributed by atoms with van der Waals surface area (Å²) in [6, 6.07) is 7.76. The van der Waals surface area contributed by atoms with Crippen LogP contribution in [0.2, 0.25) is 0 Å². The van der Waals surface area contributed by atoms with Gasteiger partial charge in [0.15, 0.2) is 5.78 Å². The third-order valence-electron chi connectivity index (χ3n) is 4.73. The van der Waals surface area contributed by atoms with E-state index in [1.165, 1.54) is 4.68 Å². The number of piperidine rings is 1. The quantitative estimate of drug-likeness (QED) is 0.612. The molecule has 1 fully saturated rings. The minimum absolute atomic E-state index is 0.00671. The Balaban J connectivity index is 1.60. The predicted molar refractivity (Wildman–Crippen MR) is 105 cm³/mol. The van der Waals surface area contributed by atoms with E-state index < -0.39 is 30.3 Å². The lowest BCUT2D eigenvalue weighted by molar-refractivity contribution is -0.139. The number of nitrogens with one attached hydrogen (secondary N) is 1. The van der Waals surface area contributed by atoms with Gasteiger partial charge in [0.2, 0.25) is 5.95 Å². The van der Waals surface area contributed by atoms with Gasteiger partial charge in [-0.05, 0) is 35.3 Å². The number of carbonyl (C=O) groups excluding carboxylic acids is 2. The van der Waals surface area contributed by atoms with Crippen LogP contribution in [0.25, 0.3) is 0 Å². The number of amides is 1. The first-order valence-electron chi connectivity index (χ1n) is 9.76. The summed E-state index contributed by atoms with van der Waals surface area (Å²) < 4.78 is 6.43. The van der Waals surface area contributed by atoms with Crippen molar-refractivity contribution >= 4 is 23.8 Å². The minimum atomic E-state index is -1.26. The number of aliphatic carboxylic acids is 1. The van der Waals surface area contributed by atoms with Crippen molar-refractivity contribution in [3.8, 4) is 0 Å². The van der Waals surface area contributed by atoms with E-state index in [9.17, 15) is 14.4 Å². The summed E-state index contributed by atoms with van der Waals surface area (Å²) in [7, 11) is 0. The maximum absolute atomic E-state index is 12.7. The lowest BCUT2D eigenvalue weighted by Crippen LogP contribution is -2.44. The Morgan fingerprint density at radius 2 is 1.87 bits per heavy atom. The van der Waals surface area contributed by atoms with Crippen molar-refractivity contribution in [3.63, 3.8) is 0 Å². The molecular weight excluding hydrogens is 392 g/mol. The Labute approximate surface area is 173 Å². The zero-order chi connectivity index (χ0) is 21.3. The first-order chi connectivity index (χ1) is 14.5. The zero-order valence-corrected chi connectivity index (χ0v) is 16.4. The van der Waals surface area contributed by atoms with Gasteiger partial charge in [0.25, 0.3) is 0 Å². The van der Waals surface area contributed by atoms with Crippen molar-refractivity contribution in [3.05, 3.63) is 35.9 Å². The number of aromatic nitrogens is 4. The van der Waals surface area contributed by atoms with E-state index in [1.54, 1.807) is 24.3 Å². The molecule has 0 aliphatic carbocycles. The SMILES string of the molecule is O=C(O)CC(NC(=O)OCc1ccccc1)C(=O)Cn1nnnc1N1CCCCC1. The molecule has 160 valence electrons. The van der Waals surface area contributed by atoms with Gasteiger partial charge in [-0.15, -0.1) is 0 Å². The smallest absolute Gasteiger partial charge is 0.408 e. The van der Waals surface area contributed by atoms with Crippen LogP contribution in [0, 0.1) is 0 Å². The van der Waals surface area contributed by atoms with Crippen LogP contribution in [0.4, 0.5) is 10.7 Å². The van der Waals surface area contributed by atoms with Crippen molar-refractivity contribution in [1.82, 2.24) is 25.5 Å². The van der Waals surface area contributed by atoms with Gasteiger partial charge in [-0.3, -0.25) is 9.59 Å². The second-order valence-electron chi connectivity index (χ2n) is 7.01. The summed E-state index contributed by atoms with van der Waals surface area (Å²) in [6.07, 6.45) is 1.72. The number of hydrogen-bond acceptors (Lipinski definition) is 8. The third-order valence-corrected chi connectivity index (χ3v) is 4.73. The van der Waals surface area contributed by atoms with Crippen LogP contribution in [0.15, 0.2) is 30.3 Å². The third kappa shape index (κ3) is 6.00. The van der Waals surface area contributed by atoms with E-state index in [4.69, 9.17) is 9.84 Å². The summed E-state index contributed by atoms with van der Waals surface area (Å²) >= 11 is 0. The maximum Gasteiger partial charge on any atom is 0.408 e. The Morgan fingerprint density at radius 3 is 2.57 bits per heavy atom. The molecule has 0 bridgehead atoms. The van der Waals surface area contributed by atoms with E-state index in [1.807, 2.05) is 11.0 Å². The van der Waals surface area contributed by atoms with Gasteiger partial charge in [0, 0.05) is 13.1 Å². The highest BCUT2D eigenvalue weighted by Gasteiger charge is 2.27. The number of ketones is 1. The van der Waals surface area contributed by atoms with Crippen LogP contribution in [-0.4, -0.2) is 62.3 Å². The number of rotatable bonds is 9. The van der Waals surface area contributed by atoms with E-state index >= 15 is 0 Å². The summed E-state index contributed by atoms with van der Waals surface area (Å²) in [6.45, 7) is 1.33. The molecule has 1 amide bonds. The van der Waals surface area contributed by atoms with E-state index in [0.717, 1.165) is 37.9 Å². The molecule has 2 N–H and O–H groups in total. The maximum atomic E-state index is 12.7. The molecule has 2 aromatic rings. The number of hydrogen-bond donors (Lipinski definition) is 2. The molecule has 0 spiro atoms. The topological polar surface area (TPSA) is 140 Å². The van der Waals surface area contributed by atoms with Crippen LogP contribution in [0.3, 0.4) is 0 Å². The zero-order valence-electron chi connectivity index (χ0n) is 16.4. The fourth-order valence-electron chi connectivity index (χ4n) is 3.21. The molecule has 1 aromatic heterocycles. The van der Waals surface area contributed by atoms with Crippen molar-refractivity contribution in [2.45, 2.75) is 44.9 Å². The van der Waals surface area contributed by atoms with Crippen LogP contribution in [0.1, 0.15) is 31.2 Å². The average molecular weight is 416 g/mol. The summed E-state index contributed by atoms with van der Waals surface area (Å²) in [5.41, 5.74) is 0.772. The van der Waals surface area contributed by atoms with Gasteiger partial charge in [0.1, 0.15) is 19.2 Å². The predicted octanol–water partition coefficient (Wildman–Crippen LogP) is 1.00. The number of alkyl carbamates (subject to hydrolysis) is 1. The number of benzene rings is 1.